The minimum atomic E-state index is -0.222. The van der Waals surface area contributed by atoms with Crippen LogP contribution >= 0.6 is 0 Å². The van der Waals surface area contributed by atoms with Crippen LogP contribution in [0.2, 0.25) is 0 Å². The number of anilines is 1. The second kappa shape index (κ2) is 8.26. The van der Waals surface area contributed by atoms with Crippen LogP contribution in [-0.4, -0.2) is 31.8 Å². The lowest BCUT2D eigenvalue weighted by Gasteiger charge is -2.13. The molecule has 7 heteroatoms. The number of carbonyl (C=O) groups excluding carboxylic acids is 1. The molecule has 0 spiro atoms. The summed E-state index contributed by atoms with van der Waals surface area (Å²) in [4.78, 5) is 21.4. The van der Waals surface area contributed by atoms with Gasteiger partial charge in [-0.3, -0.25) is 4.79 Å². The summed E-state index contributed by atoms with van der Waals surface area (Å²) in [6.45, 7) is 6.21. The fourth-order valence-electron chi connectivity index (χ4n) is 3.46. The number of hydrogen-bond acceptors (Lipinski definition) is 5. The van der Waals surface area contributed by atoms with Crippen LogP contribution in [-0.2, 0) is 5.41 Å². The van der Waals surface area contributed by atoms with Crippen LogP contribution < -0.4 is 10.1 Å². The first-order valence-electron chi connectivity index (χ1n) is 10.4. The number of ether oxygens (including phenoxy) is 1. The SMILES string of the molecule is CC(C)(C)c1cc(NC(=O)c2ccc(OC3CCCC3)cc2)n(-c2ncccn2)n1. The van der Waals surface area contributed by atoms with Gasteiger partial charge in [-0.15, -0.1) is 0 Å². The van der Waals surface area contributed by atoms with Crippen molar-refractivity contribution >= 4 is 11.7 Å². The number of benzene rings is 1. The van der Waals surface area contributed by atoms with Crippen molar-refractivity contribution in [3.05, 3.63) is 60.0 Å². The third kappa shape index (κ3) is 4.50. The van der Waals surface area contributed by atoms with Gasteiger partial charge in [0.2, 0.25) is 0 Å². The molecule has 1 N–H and O–H groups in total. The van der Waals surface area contributed by atoms with E-state index in [1.807, 2.05) is 18.2 Å². The average molecular weight is 406 g/mol. The maximum absolute atomic E-state index is 12.9. The molecule has 0 aliphatic heterocycles. The van der Waals surface area contributed by atoms with E-state index in [4.69, 9.17) is 4.74 Å². The van der Waals surface area contributed by atoms with Gasteiger partial charge in [0, 0.05) is 29.4 Å². The summed E-state index contributed by atoms with van der Waals surface area (Å²) < 4.78 is 7.55. The van der Waals surface area contributed by atoms with Gasteiger partial charge in [0.25, 0.3) is 11.9 Å². The maximum Gasteiger partial charge on any atom is 0.256 e. The Balaban J connectivity index is 1.54. The van der Waals surface area contributed by atoms with E-state index in [-0.39, 0.29) is 11.3 Å². The summed E-state index contributed by atoms with van der Waals surface area (Å²) in [5.41, 5.74) is 1.21. The fraction of sp³-hybridized carbons (Fsp3) is 0.391. The smallest absolute Gasteiger partial charge is 0.256 e. The lowest BCUT2D eigenvalue weighted by atomic mass is 9.92. The van der Waals surface area contributed by atoms with Crippen molar-refractivity contribution in [3.8, 4) is 11.7 Å². The zero-order valence-electron chi connectivity index (χ0n) is 17.6. The highest BCUT2D eigenvalue weighted by molar-refractivity contribution is 6.04. The van der Waals surface area contributed by atoms with E-state index < -0.39 is 0 Å². The molecule has 0 bridgehead atoms. The Kier molecular flexibility index (Phi) is 5.53. The Morgan fingerprint density at radius 2 is 1.77 bits per heavy atom. The summed E-state index contributed by atoms with van der Waals surface area (Å²) >= 11 is 0. The summed E-state index contributed by atoms with van der Waals surface area (Å²) in [5, 5.41) is 7.58. The van der Waals surface area contributed by atoms with Gasteiger partial charge in [0.15, 0.2) is 0 Å². The second-order valence-electron chi connectivity index (χ2n) is 8.63. The molecule has 2 aromatic heterocycles. The first-order valence-corrected chi connectivity index (χ1v) is 10.4. The first kappa shape index (κ1) is 20.1. The van der Waals surface area contributed by atoms with Crippen LogP contribution in [0.1, 0.15) is 62.5 Å². The van der Waals surface area contributed by atoms with E-state index in [0.717, 1.165) is 24.3 Å². The van der Waals surface area contributed by atoms with Crippen molar-refractivity contribution in [1.29, 1.82) is 0 Å². The van der Waals surface area contributed by atoms with Crippen LogP contribution in [0.5, 0.6) is 5.75 Å². The number of carbonyl (C=O) groups is 1. The lowest BCUT2D eigenvalue weighted by Crippen LogP contribution is -2.16. The second-order valence-corrected chi connectivity index (χ2v) is 8.63. The molecule has 1 saturated carbocycles. The molecule has 2 heterocycles. The summed E-state index contributed by atoms with van der Waals surface area (Å²) in [6, 6.07) is 10.9. The number of nitrogens with zero attached hydrogens (tertiary/aromatic N) is 4. The molecule has 1 aliphatic rings. The van der Waals surface area contributed by atoms with Crippen molar-refractivity contribution in [3.63, 3.8) is 0 Å². The third-order valence-electron chi connectivity index (χ3n) is 5.18. The Labute approximate surface area is 176 Å². The molecular weight excluding hydrogens is 378 g/mol. The first-order chi connectivity index (χ1) is 14.4. The van der Waals surface area contributed by atoms with Crippen molar-refractivity contribution < 1.29 is 9.53 Å². The molecule has 3 aromatic rings. The van der Waals surface area contributed by atoms with Crippen LogP contribution in [0.25, 0.3) is 5.95 Å². The molecular formula is C23H27N5O2. The van der Waals surface area contributed by atoms with E-state index in [2.05, 4.69) is 41.2 Å². The summed E-state index contributed by atoms with van der Waals surface area (Å²) in [7, 11) is 0. The molecule has 1 amide bonds. The maximum atomic E-state index is 12.9. The number of aromatic nitrogens is 4. The largest absolute Gasteiger partial charge is 0.490 e. The van der Waals surface area contributed by atoms with Crippen LogP contribution in [0.3, 0.4) is 0 Å². The van der Waals surface area contributed by atoms with E-state index in [0.29, 0.717) is 23.4 Å². The Bertz CT molecular complexity index is 1000. The quantitative estimate of drug-likeness (QED) is 0.674. The van der Waals surface area contributed by atoms with Gasteiger partial charge >= 0.3 is 0 Å². The van der Waals surface area contributed by atoms with Crippen molar-refractivity contribution in [2.75, 3.05) is 5.32 Å². The number of nitrogens with one attached hydrogen (secondary N) is 1. The van der Waals surface area contributed by atoms with Crippen molar-refractivity contribution in [2.45, 2.75) is 58.0 Å². The standard InChI is InChI=1S/C23H27N5O2/c1-23(2,3)19-15-20(28(27-19)22-24-13-6-14-25-22)26-21(29)16-9-11-18(12-10-16)30-17-7-4-5-8-17/h6,9-15,17H,4-5,7-8H2,1-3H3,(H,26,29). The summed E-state index contributed by atoms with van der Waals surface area (Å²) in [6.07, 6.45) is 8.24. The van der Waals surface area contributed by atoms with E-state index in [9.17, 15) is 4.79 Å². The summed E-state index contributed by atoms with van der Waals surface area (Å²) in [5.74, 6) is 1.52. The highest BCUT2D eigenvalue weighted by Gasteiger charge is 2.23. The zero-order chi connectivity index (χ0) is 21.1. The Morgan fingerprint density at radius 3 is 2.40 bits per heavy atom. The van der Waals surface area contributed by atoms with Crippen LogP contribution in [0.4, 0.5) is 5.82 Å². The molecule has 1 aromatic carbocycles. The minimum Gasteiger partial charge on any atom is -0.490 e. The topological polar surface area (TPSA) is 81.9 Å². The Morgan fingerprint density at radius 1 is 1.10 bits per heavy atom. The van der Waals surface area contributed by atoms with Gasteiger partial charge in [-0.25, -0.2) is 9.97 Å². The van der Waals surface area contributed by atoms with Crippen LogP contribution in [0, 0.1) is 0 Å². The van der Waals surface area contributed by atoms with Crippen molar-refractivity contribution in [2.24, 2.45) is 0 Å². The molecule has 4 rings (SSSR count). The number of rotatable bonds is 5. The predicted molar refractivity (Wildman–Crippen MR) is 115 cm³/mol. The van der Waals surface area contributed by atoms with Gasteiger partial charge < -0.3 is 10.1 Å². The molecule has 1 aliphatic carbocycles. The molecule has 0 unspecified atom stereocenters. The monoisotopic (exact) mass is 405 g/mol. The van der Waals surface area contributed by atoms with Gasteiger partial charge in [0.05, 0.1) is 11.8 Å². The molecule has 1 fully saturated rings. The lowest BCUT2D eigenvalue weighted by molar-refractivity contribution is 0.102. The molecule has 0 atom stereocenters. The normalized spacial score (nSPS) is 14.6. The molecule has 0 saturated heterocycles. The predicted octanol–water partition coefficient (Wildman–Crippen LogP) is 4.53. The third-order valence-corrected chi connectivity index (χ3v) is 5.18. The highest BCUT2D eigenvalue weighted by atomic mass is 16.5. The molecule has 7 nitrogen and oxygen atoms in total. The average Bonchev–Trinajstić information content (AvgIpc) is 3.39. The van der Waals surface area contributed by atoms with Crippen molar-refractivity contribution in [1.82, 2.24) is 19.7 Å². The van der Waals surface area contributed by atoms with Gasteiger partial charge in [-0.05, 0) is 56.0 Å². The van der Waals surface area contributed by atoms with E-state index >= 15 is 0 Å². The van der Waals surface area contributed by atoms with E-state index in [1.165, 1.54) is 12.8 Å². The molecule has 156 valence electrons. The molecule has 30 heavy (non-hydrogen) atoms. The minimum absolute atomic E-state index is 0.182. The zero-order valence-corrected chi connectivity index (χ0v) is 17.6. The highest BCUT2D eigenvalue weighted by Crippen LogP contribution is 2.27. The fourth-order valence-corrected chi connectivity index (χ4v) is 3.46. The number of hydrogen-bond donors (Lipinski definition) is 1. The van der Waals surface area contributed by atoms with Gasteiger partial charge in [-0.2, -0.15) is 9.78 Å². The van der Waals surface area contributed by atoms with Gasteiger partial charge in [0.1, 0.15) is 11.6 Å². The molecule has 0 radical (unpaired) electrons. The number of amides is 1. The van der Waals surface area contributed by atoms with Crippen LogP contribution in [0.15, 0.2) is 48.8 Å². The Hall–Kier alpha value is -3.22. The van der Waals surface area contributed by atoms with E-state index in [1.54, 1.807) is 35.3 Å². The van der Waals surface area contributed by atoms with Gasteiger partial charge in [-0.1, -0.05) is 20.8 Å².